The highest BCUT2D eigenvalue weighted by atomic mass is 16.5. The van der Waals surface area contributed by atoms with Gasteiger partial charge in [0.25, 0.3) is 5.89 Å². The molecule has 30 heavy (non-hydrogen) atoms. The number of nitriles is 1. The van der Waals surface area contributed by atoms with E-state index < -0.39 is 0 Å². The first-order valence-corrected chi connectivity index (χ1v) is 10.8. The Morgan fingerprint density at radius 2 is 2.13 bits per heavy atom. The van der Waals surface area contributed by atoms with Crippen LogP contribution in [0.4, 0.5) is 0 Å². The maximum absolute atomic E-state index is 9.56. The minimum atomic E-state index is 0.401. The number of benzene rings is 2. The number of rotatable bonds is 7. The van der Waals surface area contributed by atoms with Crippen LogP contribution in [0.3, 0.4) is 0 Å². The summed E-state index contributed by atoms with van der Waals surface area (Å²) in [6.45, 7) is 7.52. The van der Waals surface area contributed by atoms with Crippen LogP contribution in [-0.4, -0.2) is 16.7 Å². The molecular weight excluding hydrogens is 372 g/mol. The predicted octanol–water partition coefficient (Wildman–Crippen LogP) is 5.46. The number of hydrogen-bond acceptors (Lipinski definition) is 5. The first-order chi connectivity index (χ1) is 14.6. The molecule has 0 amide bonds. The zero-order valence-corrected chi connectivity index (χ0v) is 17.9. The third kappa shape index (κ3) is 4.01. The molecule has 0 radical (unpaired) electrons. The van der Waals surface area contributed by atoms with Crippen molar-refractivity contribution in [1.29, 1.82) is 5.26 Å². The molecule has 3 aromatic rings. The Morgan fingerprint density at radius 3 is 2.90 bits per heavy atom. The van der Waals surface area contributed by atoms with E-state index in [0.29, 0.717) is 29.2 Å². The summed E-state index contributed by atoms with van der Waals surface area (Å²) < 4.78 is 5.59. The molecule has 4 rings (SSSR count). The Kier molecular flexibility index (Phi) is 5.96. The predicted molar refractivity (Wildman–Crippen MR) is 118 cm³/mol. The first-order valence-electron chi connectivity index (χ1n) is 10.8. The number of fused-ring (bicyclic) bond motifs is 1. The third-order valence-electron chi connectivity index (χ3n) is 5.68. The van der Waals surface area contributed by atoms with Crippen LogP contribution in [0.1, 0.15) is 61.9 Å². The summed E-state index contributed by atoms with van der Waals surface area (Å²) in [5.41, 5.74) is 6.21. The van der Waals surface area contributed by atoms with Gasteiger partial charge in [0.15, 0.2) is 0 Å². The van der Waals surface area contributed by atoms with Crippen molar-refractivity contribution in [2.45, 2.75) is 52.5 Å². The first kappa shape index (κ1) is 20.3. The highest BCUT2D eigenvalue weighted by Gasteiger charge is 2.26. The fourth-order valence-corrected chi connectivity index (χ4v) is 4.28. The quantitative estimate of drug-likeness (QED) is 0.570. The average Bonchev–Trinajstić information content (AvgIpc) is 3.39. The molecule has 1 aliphatic rings. The zero-order chi connectivity index (χ0) is 21.1. The largest absolute Gasteiger partial charge is 0.334 e. The van der Waals surface area contributed by atoms with E-state index in [-0.39, 0.29) is 0 Å². The summed E-state index contributed by atoms with van der Waals surface area (Å²) in [6, 6.07) is 14.9. The molecule has 0 fully saturated rings. The minimum Gasteiger partial charge on any atom is -0.334 e. The summed E-state index contributed by atoms with van der Waals surface area (Å²) in [4.78, 5) is 4.67. The van der Waals surface area contributed by atoms with Crippen LogP contribution < -0.4 is 5.32 Å². The molecule has 5 heteroatoms. The molecule has 1 N–H and O–H groups in total. The van der Waals surface area contributed by atoms with E-state index in [1.54, 1.807) is 0 Å². The van der Waals surface area contributed by atoms with Gasteiger partial charge in [-0.2, -0.15) is 10.2 Å². The molecule has 1 heterocycles. The lowest BCUT2D eigenvalue weighted by atomic mass is 9.97. The van der Waals surface area contributed by atoms with E-state index >= 15 is 0 Å². The van der Waals surface area contributed by atoms with Crippen molar-refractivity contribution in [2.75, 3.05) is 6.54 Å². The standard InChI is InChI=1S/C25H28N4O/c1-4-12-27-23-11-10-20-21(23)6-5-7-22(20)24-28-25(30-29-24)18-9-8-17(13-16(2)3)19(14-18)15-26/h5-9,14,16,23,27H,4,10-13H2,1-3H3. The highest BCUT2D eigenvalue weighted by molar-refractivity contribution is 5.66. The van der Waals surface area contributed by atoms with Gasteiger partial charge in [0.1, 0.15) is 0 Å². The van der Waals surface area contributed by atoms with E-state index in [1.807, 2.05) is 18.2 Å². The normalized spacial score (nSPS) is 15.4. The van der Waals surface area contributed by atoms with Crippen molar-refractivity contribution in [3.63, 3.8) is 0 Å². The van der Waals surface area contributed by atoms with Gasteiger partial charge in [-0.15, -0.1) is 0 Å². The van der Waals surface area contributed by atoms with E-state index in [0.717, 1.165) is 48.9 Å². The van der Waals surface area contributed by atoms with Crippen LogP contribution in [0.15, 0.2) is 40.9 Å². The van der Waals surface area contributed by atoms with Gasteiger partial charge in [-0.05, 0) is 67.0 Å². The van der Waals surface area contributed by atoms with E-state index in [2.05, 4.69) is 60.5 Å². The molecule has 5 nitrogen and oxygen atoms in total. The Hall–Kier alpha value is -2.97. The maximum Gasteiger partial charge on any atom is 0.258 e. The van der Waals surface area contributed by atoms with Gasteiger partial charge in [-0.1, -0.05) is 50.2 Å². The van der Waals surface area contributed by atoms with Gasteiger partial charge in [0.05, 0.1) is 11.6 Å². The van der Waals surface area contributed by atoms with Gasteiger partial charge in [0.2, 0.25) is 5.82 Å². The summed E-state index contributed by atoms with van der Waals surface area (Å²) in [7, 11) is 0. The van der Waals surface area contributed by atoms with Gasteiger partial charge in [-0.25, -0.2) is 0 Å². The molecule has 0 aliphatic heterocycles. The van der Waals surface area contributed by atoms with Crippen LogP contribution in [0, 0.1) is 17.2 Å². The number of hydrogen-bond donors (Lipinski definition) is 1. The Balaban J connectivity index is 1.63. The minimum absolute atomic E-state index is 0.401. The lowest BCUT2D eigenvalue weighted by Gasteiger charge is -2.13. The van der Waals surface area contributed by atoms with Crippen LogP contribution in [-0.2, 0) is 12.8 Å². The van der Waals surface area contributed by atoms with Crippen molar-refractivity contribution in [2.24, 2.45) is 5.92 Å². The monoisotopic (exact) mass is 400 g/mol. The third-order valence-corrected chi connectivity index (χ3v) is 5.68. The lowest BCUT2D eigenvalue weighted by molar-refractivity contribution is 0.432. The SMILES string of the molecule is CCCNC1CCc2c(-c3noc(-c4ccc(CC(C)C)c(C#N)c4)n3)cccc21. The van der Waals surface area contributed by atoms with Gasteiger partial charge in [0, 0.05) is 17.2 Å². The van der Waals surface area contributed by atoms with Gasteiger partial charge in [-0.3, -0.25) is 0 Å². The van der Waals surface area contributed by atoms with Gasteiger partial charge < -0.3 is 9.84 Å². The van der Waals surface area contributed by atoms with Crippen molar-refractivity contribution in [3.05, 3.63) is 58.7 Å². The number of aromatic nitrogens is 2. The lowest BCUT2D eigenvalue weighted by Crippen LogP contribution is -2.19. The molecule has 0 saturated heterocycles. The summed E-state index contributed by atoms with van der Waals surface area (Å²) in [5.74, 6) is 1.56. The van der Waals surface area contributed by atoms with E-state index in [1.165, 1.54) is 11.1 Å². The molecule has 2 aromatic carbocycles. The summed E-state index contributed by atoms with van der Waals surface area (Å²) in [6.07, 6.45) is 4.11. The Bertz CT molecular complexity index is 1080. The summed E-state index contributed by atoms with van der Waals surface area (Å²) in [5, 5.41) is 17.5. The molecule has 154 valence electrons. The topological polar surface area (TPSA) is 74.7 Å². The van der Waals surface area contributed by atoms with E-state index in [4.69, 9.17) is 4.52 Å². The Morgan fingerprint density at radius 1 is 1.27 bits per heavy atom. The smallest absolute Gasteiger partial charge is 0.258 e. The van der Waals surface area contributed by atoms with Crippen molar-refractivity contribution < 1.29 is 4.52 Å². The number of nitrogens with one attached hydrogen (secondary N) is 1. The fraction of sp³-hybridized carbons (Fsp3) is 0.400. The van der Waals surface area contributed by atoms with Gasteiger partial charge >= 0.3 is 0 Å². The fourth-order valence-electron chi connectivity index (χ4n) is 4.28. The van der Waals surface area contributed by atoms with Crippen LogP contribution >= 0.6 is 0 Å². The zero-order valence-electron chi connectivity index (χ0n) is 17.9. The van der Waals surface area contributed by atoms with Crippen LogP contribution in [0.25, 0.3) is 22.8 Å². The molecule has 0 saturated carbocycles. The molecular formula is C25H28N4O. The summed E-state index contributed by atoms with van der Waals surface area (Å²) >= 11 is 0. The highest BCUT2D eigenvalue weighted by Crippen LogP contribution is 2.37. The van der Waals surface area contributed by atoms with Crippen LogP contribution in [0.2, 0.25) is 0 Å². The molecule has 1 unspecified atom stereocenters. The second kappa shape index (κ2) is 8.81. The maximum atomic E-state index is 9.56. The molecule has 1 atom stereocenters. The van der Waals surface area contributed by atoms with Crippen molar-refractivity contribution >= 4 is 0 Å². The number of nitrogens with zero attached hydrogens (tertiary/aromatic N) is 3. The molecule has 0 spiro atoms. The van der Waals surface area contributed by atoms with Crippen molar-refractivity contribution in [1.82, 2.24) is 15.5 Å². The molecule has 1 aromatic heterocycles. The second-order valence-corrected chi connectivity index (χ2v) is 8.42. The van der Waals surface area contributed by atoms with Crippen LogP contribution in [0.5, 0.6) is 0 Å². The molecule has 0 bridgehead atoms. The average molecular weight is 401 g/mol. The van der Waals surface area contributed by atoms with E-state index in [9.17, 15) is 5.26 Å². The Labute approximate surface area is 178 Å². The van der Waals surface area contributed by atoms with Crippen molar-refractivity contribution in [3.8, 4) is 28.9 Å². The second-order valence-electron chi connectivity index (χ2n) is 8.42. The molecule has 1 aliphatic carbocycles.